The number of benzene rings is 2. The molecule has 5 nitrogen and oxygen atoms in total. The van der Waals surface area contributed by atoms with E-state index >= 15 is 0 Å². The highest BCUT2D eigenvalue weighted by molar-refractivity contribution is 6.02. The molecule has 1 heterocycles. The number of ether oxygens (including phenoxy) is 2. The van der Waals surface area contributed by atoms with Gasteiger partial charge in [-0.05, 0) is 30.9 Å². The van der Waals surface area contributed by atoms with Gasteiger partial charge in [0.15, 0.2) is 17.3 Å². The summed E-state index contributed by atoms with van der Waals surface area (Å²) in [6.45, 7) is 2.38. The van der Waals surface area contributed by atoms with Gasteiger partial charge in [0.2, 0.25) is 5.91 Å². The van der Waals surface area contributed by atoms with Crippen LogP contribution in [0.1, 0.15) is 49.1 Å². The highest BCUT2D eigenvalue weighted by atomic mass is 16.5. The summed E-state index contributed by atoms with van der Waals surface area (Å²) in [5.41, 5.74) is 3.42. The normalized spacial score (nSPS) is 21.4. The molecule has 0 fully saturated rings. The Morgan fingerprint density at radius 2 is 1.79 bits per heavy atom. The molecule has 4 rings (SSSR count). The van der Waals surface area contributed by atoms with E-state index in [0.29, 0.717) is 36.5 Å². The van der Waals surface area contributed by atoms with E-state index in [1.807, 2.05) is 55.5 Å². The van der Waals surface area contributed by atoms with E-state index < -0.39 is 0 Å². The maximum atomic E-state index is 13.2. The summed E-state index contributed by atoms with van der Waals surface area (Å²) in [5, 5.41) is 2.98. The number of amides is 1. The van der Waals surface area contributed by atoms with Crippen molar-refractivity contribution in [2.75, 3.05) is 13.7 Å². The summed E-state index contributed by atoms with van der Waals surface area (Å²) in [5.74, 6) is 1.01. The van der Waals surface area contributed by atoms with Crippen LogP contribution in [0.25, 0.3) is 0 Å². The number of ketones is 1. The van der Waals surface area contributed by atoms with Gasteiger partial charge in [0.1, 0.15) is 0 Å². The number of Topliss-reactive ketones (excluding diaryl/α,β-unsaturated/α-hetero) is 1. The monoisotopic (exact) mass is 391 g/mol. The van der Waals surface area contributed by atoms with E-state index in [2.05, 4.69) is 5.32 Å². The van der Waals surface area contributed by atoms with E-state index in [1.165, 1.54) is 0 Å². The summed E-state index contributed by atoms with van der Waals surface area (Å²) in [7, 11) is 1.59. The number of nitrogens with one attached hydrogen (secondary N) is 1. The summed E-state index contributed by atoms with van der Waals surface area (Å²) in [4.78, 5) is 25.8. The molecule has 0 saturated heterocycles. The Labute approximate surface area is 170 Å². The molecule has 1 aliphatic heterocycles. The van der Waals surface area contributed by atoms with Gasteiger partial charge in [-0.3, -0.25) is 9.59 Å². The predicted octanol–water partition coefficient (Wildman–Crippen LogP) is 4.10. The third-order valence-electron chi connectivity index (χ3n) is 5.70. The fourth-order valence-corrected chi connectivity index (χ4v) is 4.45. The molecular weight excluding hydrogens is 366 g/mol. The number of para-hydroxylation sites is 1. The minimum absolute atomic E-state index is 0.0690. The average Bonchev–Trinajstić information content (AvgIpc) is 2.73. The number of allylic oxidation sites excluding steroid dienone is 2. The van der Waals surface area contributed by atoms with Crippen LogP contribution in [0.4, 0.5) is 0 Å². The molecule has 0 spiro atoms. The minimum Gasteiger partial charge on any atom is -0.493 e. The van der Waals surface area contributed by atoms with Gasteiger partial charge in [-0.15, -0.1) is 0 Å². The molecule has 2 unspecified atom stereocenters. The summed E-state index contributed by atoms with van der Waals surface area (Å²) < 4.78 is 11.3. The summed E-state index contributed by atoms with van der Waals surface area (Å²) in [6, 6.07) is 15.7. The first-order chi connectivity index (χ1) is 14.1. The Morgan fingerprint density at radius 3 is 2.52 bits per heavy atom. The van der Waals surface area contributed by atoms with Gasteiger partial charge >= 0.3 is 0 Å². The molecule has 1 N–H and O–H groups in total. The van der Waals surface area contributed by atoms with E-state index in [1.54, 1.807) is 7.11 Å². The lowest BCUT2D eigenvalue weighted by Crippen LogP contribution is -2.38. The van der Waals surface area contributed by atoms with Gasteiger partial charge in [-0.25, -0.2) is 0 Å². The van der Waals surface area contributed by atoms with E-state index in [0.717, 1.165) is 16.8 Å². The van der Waals surface area contributed by atoms with Gasteiger partial charge in [-0.1, -0.05) is 42.5 Å². The fraction of sp³-hybridized carbons (Fsp3) is 0.333. The Kier molecular flexibility index (Phi) is 5.38. The zero-order valence-corrected chi connectivity index (χ0v) is 16.7. The summed E-state index contributed by atoms with van der Waals surface area (Å²) in [6.07, 6.45) is 1.33. The van der Waals surface area contributed by atoms with Crippen LogP contribution in [-0.4, -0.2) is 25.4 Å². The number of methoxy groups -OCH3 is 1. The van der Waals surface area contributed by atoms with Crippen LogP contribution in [0.3, 0.4) is 0 Å². The average molecular weight is 391 g/mol. The minimum atomic E-state index is -0.320. The third kappa shape index (κ3) is 3.65. The molecule has 0 aromatic heterocycles. The maximum Gasteiger partial charge on any atom is 0.225 e. The van der Waals surface area contributed by atoms with Gasteiger partial charge in [0, 0.05) is 35.6 Å². The molecule has 1 aliphatic carbocycles. The Hall–Kier alpha value is -3.08. The lowest BCUT2D eigenvalue weighted by atomic mass is 9.73. The summed E-state index contributed by atoms with van der Waals surface area (Å²) >= 11 is 0. The molecule has 29 heavy (non-hydrogen) atoms. The molecule has 2 aromatic rings. The Morgan fingerprint density at radius 1 is 1.00 bits per heavy atom. The molecule has 0 bridgehead atoms. The molecule has 2 aliphatic rings. The number of hydrogen-bond acceptors (Lipinski definition) is 4. The number of carbonyl (C=O) groups excluding carboxylic acids is 2. The number of rotatable bonds is 5. The smallest absolute Gasteiger partial charge is 0.225 e. The molecule has 5 heteroatoms. The lowest BCUT2D eigenvalue weighted by Gasteiger charge is -2.35. The van der Waals surface area contributed by atoms with Gasteiger partial charge in [0.25, 0.3) is 0 Å². The second kappa shape index (κ2) is 8.11. The molecule has 1 amide bonds. The molecule has 2 aromatic carbocycles. The Bertz CT molecular complexity index is 964. The first kappa shape index (κ1) is 19.2. The van der Waals surface area contributed by atoms with Crippen LogP contribution < -0.4 is 14.8 Å². The van der Waals surface area contributed by atoms with Crippen molar-refractivity contribution < 1.29 is 19.1 Å². The molecule has 0 radical (unpaired) electrons. The molecular formula is C24H25NO4. The van der Waals surface area contributed by atoms with Crippen molar-refractivity contribution in [3.63, 3.8) is 0 Å². The highest BCUT2D eigenvalue weighted by Crippen LogP contribution is 2.46. The highest BCUT2D eigenvalue weighted by Gasteiger charge is 2.39. The van der Waals surface area contributed by atoms with Gasteiger partial charge in [0.05, 0.1) is 13.7 Å². The second-order valence-corrected chi connectivity index (χ2v) is 7.45. The SMILES string of the molecule is CCOc1c(OC)cccc1C1CC(=O)NC2=C1C(=O)CC(c1ccccc1)C2. The van der Waals surface area contributed by atoms with Crippen molar-refractivity contribution in [2.45, 2.75) is 38.0 Å². The van der Waals surface area contributed by atoms with Crippen molar-refractivity contribution in [1.82, 2.24) is 5.32 Å². The second-order valence-electron chi connectivity index (χ2n) is 7.45. The third-order valence-corrected chi connectivity index (χ3v) is 5.70. The van der Waals surface area contributed by atoms with E-state index in [-0.39, 0.29) is 29.9 Å². The molecule has 150 valence electrons. The first-order valence-electron chi connectivity index (χ1n) is 10.0. The van der Waals surface area contributed by atoms with Crippen LogP contribution in [0.5, 0.6) is 11.5 Å². The van der Waals surface area contributed by atoms with Gasteiger partial charge in [-0.2, -0.15) is 0 Å². The fourth-order valence-electron chi connectivity index (χ4n) is 4.45. The largest absolute Gasteiger partial charge is 0.493 e. The predicted molar refractivity (Wildman–Crippen MR) is 110 cm³/mol. The zero-order valence-electron chi connectivity index (χ0n) is 16.7. The lowest BCUT2D eigenvalue weighted by molar-refractivity contribution is -0.122. The van der Waals surface area contributed by atoms with Crippen molar-refractivity contribution in [3.8, 4) is 11.5 Å². The maximum absolute atomic E-state index is 13.2. The van der Waals surface area contributed by atoms with Crippen LogP contribution in [0.2, 0.25) is 0 Å². The zero-order chi connectivity index (χ0) is 20.4. The van der Waals surface area contributed by atoms with Crippen molar-refractivity contribution in [3.05, 3.63) is 70.9 Å². The van der Waals surface area contributed by atoms with Crippen LogP contribution >= 0.6 is 0 Å². The topological polar surface area (TPSA) is 64.6 Å². The Balaban J connectivity index is 1.77. The van der Waals surface area contributed by atoms with Gasteiger partial charge < -0.3 is 14.8 Å². The number of hydrogen-bond donors (Lipinski definition) is 1. The molecule has 2 atom stereocenters. The standard InChI is InChI=1S/C24H25NO4/c1-3-29-24-17(10-7-11-21(24)28-2)18-14-22(27)25-19-12-16(13-20(26)23(18)19)15-8-5-4-6-9-15/h4-11,16,18H,3,12-14H2,1-2H3,(H,25,27). The van der Waals surface area contributed by atoms with Crippen molar-refractivity contribution in [2.24, 2.45) is 0 Å². The van der Waals surface area contributed by atoms with Crippen LogP contribution in [0.15, 0.2) is 59.8 Å². The van der Waals surface area contributed by atoms with Crippen LogP contribution in [-0.2, 0) is 9.59 Å². The van der Waals surface area contributed by atoms with Crippen LogP contribution in [0, 0.1) is 0 Å². The van der Waals surface area contributed by atoms with E-state index in [9.17, 15) is 9.59 Å². The van der Waals surface area contributed by atoms with Crippen molar-refractivity contribution >= 4 is 11.7 Å². The molecule has 0 saturated carbocycles. The van der Waals surface area contributed by atoms with E-state index in [4.69, 9.17) is 9.47 Å². The quantitative estimate of drug-likeness (QED) is 0.834. The van der Waals surface area contributed by atoms with Crippen molar-refractivity contribution in [1.29, 1.82) is 0 Å². The first-order valence-corrected chi connectivity index (χ1v) is 10.0. The number of carbonyl (C=O) groups is 2.